The lowest BCUT2D eigenvalue weighted by molar-refractivity contribution is 0.0429. The summed E-state index contributed by atoms with van der Waals surface area (Å²) in [5.74, 6) is 2.69. The summed E-state index contributed by atoms with van der Waals surface area (Å²) < 4.78 is 11.6. The Morgan fingerprint density at radius 1 is 1.29 bits per heavy atom. The number of nitrogens with zero attached hydrogens (tertiary/aromatic N) is 2. The molecule has 0 saturated heterocycles. The normalized spacial score (nSPS) is 25.9. The van der Waals surface area contributed by atoms with Crippen LogP contribution in [0.1, 0.15) is 47.0 Å². The summed E-state index contributed by atoms with van der Waals surface area (Å²) in [6.45, 7) is 9.22. The summed E-state index contributed by atoms with van der Waals surface area (Å²) in [4.78, 5) is 8.25. The molecule has 1 saturated carbocycles. The predicted molar refractivity (Wildman–Crippen MR) is 83.4 cm³/mol. The third-order valence-electron chi connectivity index (χ3n) is 4.32. The highest BCUT2D eigenvalue weighted by atomic mass is 16.5. The third kappa shape index (κ3) is 3.77. The molecule has 1 heterocycles. The van der Waals surface area contributed by atoms with Crippen molar-refractivity contribution in [3.8, 4) is 11.8 Å². The Labute approximate surface area is 127 Å². The molecule has 0 aromatic carbocycles. The minimum atomic E-state index is 0.167. The number of rotatable bonds is 5. The van der Waals surface area contributed by atoms with Gasteiger partial charge < -0.3 is 15.2 Å². The maximum absolute atomic E-state index is 6.16. The Hall–Kier alpha value is -1.52. The number of aromatic nitrogens is 2. The standard InChI is InChI=1S/C16H27N3O2/c1-5-20-15-14(17)16(19-9-18-15)21-13-8-11(4)6-7-12(13)10(2)3/h9-13H,5-8,17H2,1-4H3. The van der Waals surface area contributed by atoms with Crippen LogP contribution in [-0.4, -0.2) is 22.7 Å². The van der Waals surface area contributed by atoms with E-state index in [9.17, 15) is 0 Å². The van der Waals surface area contributed by atoms with Crippen molar-refractivity contribution in [2.45, 2.75) is 53.1 Å². The fourth-order valence-electron chi connectivity index (χ4n) is 3.10. The molecule has 1 aliphatic carbocycles. The van der Waals surface area contributed by atoms with Crippen LogP contribution in [0.3, 0.4) is 0 Å². The molecule has 3 unspecified atom stereocenters. The number of nitrogens with two attached hydrogens (primary N) is 1. The maximum atomic E-state index is 6.16. The summed E-state index contributed by atoms with van der Waals surface area (Å²) in [7, 11) is 0. The SMILES string of the molecule is CCOc1ncnc(OC2CC(C)CCC2C(C)C)c1N. The van der Waals surface area contributed by atoms with E-state index in [0.29, 0.717) is 41.8 Å². The van der Waals surface area contributed by atoms with Crippen LogP contribution >= 0.6 is 0 Å². The number of nitrogen functional groups attached to an aromatic ring is 1. The van der Waals surface area contributed by atoms with Gasteiger partial charge in [-0.15, -0.1) is 0 Å². The number of hydrogen-bond donors (Lipinski definition) is 1. The van der Waals surface area contributed by atoms with Crippen LogP contribution in [0, 0.1) is 17.8 Å². The van der Waals surface area contributed by atoms with E-state index in [1.807, 2.05) is 6.92 Å². The summed E-state index contributed by atoms with van der Waals surface area (Å²) in [5.41, 5.74) is 6.47. The van der Waals surface area contributed by atoms with Gasteiger partial charge in [0.2, 0.25) is 11.8 Å². The van der Waals surface area contributed by atoms with E-state index in [0.717, 1.165) is 6.42 Å². The molecule has 0 aliphatic heterocycles. The van der Waals surface area contributed by atoms with E-state index in [4.69, 9.17) is 15.2 Å². The Bertz CT molecular complexity index is 465. The first-order chi connectivity index (χ1) is 10.0. The molecule has 5 nitrogen and oxygen atoms in total. The summed E-state index contributed by atoms with van der Waals surface area (Å²) in [6, 6.07) is 0. The van der Waals surface area contributed by atoms with Crippen LogP contribution in [0.4, 0.5) is 5.69 Å². The second-order valence-corrected chi connectivity index (χ2v) is 6.31. The number of anilines is 1. The predicted octanol–water partition coefficient (Wildman–Crippen LogP) is 3.30. The molecule has 1 fully saturated rings. The molecule has 2 N–H and O–H groups in total. The van der Waals surface area contributed by atoms with Gasteiger partial charge in [-0.3, -0.25) is 0 Å². The van der Waals surface area contributed by atoms with Gasteiger partial charge in [0.15, 0.2) is 5.69 Å². The van der Waals surface area contributed by atoms with Gasteiger partial charge in [0.1, 0.15) is 12.4 Å². The van der Waals surface area contributed by atoms with Crippen molar-refractivity contribution in [1.82, 2.24) is 9.97 Å². The molecule has 0 amide bonds. The molecule has 0 radical (unpaired) electrons. The first kappa shape index (κ1) is 15.9. The van der Waals surface area contributed by atoms with Gasteiger partial charge in [0, 0.05) is 0 Å². The summed E-state index contributed by atoms with van der Waals surface area (Å²) in [5, 5.41) is 0. The molecule has 0 spiro atoms. The van der Waals surface area contributed by atoms with Crippen molar-refractivity contribution in [3.05, 3.63) is 6.33 Å². The first-order valence-corrected chi connectivity index (χ1v) is 7.92. The van der Waals surface area contributed by atoms with Crippen molar-refractivity contribution in [2.24, 2.45) is 17.8 Å². The van der Waals surface area contributed by atoms with Crippen molar-refractivity contribution >= 4 is 5.69 Å². The average molecular weight is 293 g/mol. The minimum Gasteiger partial charge on any atom is -0.476 e. The molecule has 1 aromatic rings. The number of hydrogen-bond acceptors (Lipinski definition) is 5. The maximum Gasteiger partial charge on any atom is 0.244 e. The summed E-state index contributed by atoms with van der Waals surface area (Å²) in [6.07, 6.45) is 5.14. The number of ether oxygens (including phenoxy) is 2. The Balaban J connectivity index is 2.16. The zero-order valence-corrected chi connectivity index (χ0v) is 13.5. The molecule has 118 valence electrons. The van der Waals surface area contributed by atoms with Gasteiger partial charge in [0.25, 0.3) is 0 Å². The van der Waals surface area contributed by atoms with Crippen molar-refractivity contribution in [1.29, 1.82) is 0 Å². The fourth-order valence-corrected chi connectivity index (χ4v) is 3.10. The molecule has 5 heteroatoms. The van der Waals surface area contributed by atoms with Gasteiger partial charge in [-0.25, -0.2) is 0 Å². The van der Waals surface area contributed by atoms with Crippen LogP contribution < -0.4 is 15.2 Å². The third-order valence-corrected chi connectivity index (χ3v) is 4.32. The monoisotopic (exact) mass is 293 g/mol. The molecule has 1 aliphatic rings. The second-order valence-electron chi connectivity index (χ2n) is 6.31. The Morgan fingerprint density at radius 2 is 2.00 bits per heavy atom. The van der Waals surface area contributed by atoms with E-state index < -0.39 is 0 Å². The van der Waals surface area contributed by atoms with Gasteiger partial charge in [-0.2, -0.15) is 9.97 Å². The van der Waals surface area contributed by atoms with E-state index in [1.165, 1.54) is 19.2 Å². The quantitative estimate of drug-likeness (QED) is 0.902. The van der Waals surface area contributed by atoms with Crippen molar-refractivity contribution in [2.75, 3.05) is 12.3 Å². The van der Waals surface area contributed by atoms with Gasteiger partial charge in [0.05, 0.1) is 6.61 Å². The Kier molecular flexibility index (Phi) is 5.26. The van der Waals surface area contributed by atoms with Crippen LogP contribution in [-0.2, 0) is 0 Å². The van der Waals surface area contributed by atoms with Crippen LogP contribution in [0.15, 0.2) is 6.33 Å². The fraction of sp³-hybridized carbons (Fsp3) is 0.750. The lowest BCUT2D eigenvalue weighted by atomic mass is 9.75. The van der Waals surface area contributed by atoms with Gasteiger partial charge >= 0.3 is 0 Å². The molecule has 21 heavy (non-hydrogen) atoms. The second kappa shape index (κ2) is 6.96. The van der Waals surface area contributed by atoms with E-state index in [-0.39, 0.29) is 6.10 Å². The van der Waals surface area contributed by atoms with E-state index in [2.05, 4.69) is 30.7 Å². The lowest BCUT2D eigenvalue weighted by Gasteiger charge is -2.37. The van der Waals surface area contributed by atoms with Gasteiger partial charge in [-0.1, -0.05) is 27.2 Å². The zero-order chi connectivity index (χ0) is 15.4. The molecular weight excluding hydrogens is 266 g/mol. The van der Waals surface area contributed by atoms with E-state index >= 15 is 0 Å². The average Bonchev–Trinajstić information content (AvgIpc) is 2.43. The van der Waals surface area contributed by atoms with Crippen LogP contribution in [0.25, 0.3) is 0 Å². The molecule has 0 bridgehead atoms. The Morgan fingerprint density at radius 3 is 2.67 bits per heavy atom. The minimum absolute atomic E-state index is 0.167. The highest BCUT2D eigenvalue weighted by molar-refractivity contribution is 5.55. The molecular formula is C16H27N3O2. The molecule has 2 rings (SSSR count). The largest absolute Gasteiger partial charge is 0.476 e. The lowest BCUT2D eigenvalue weighted by Crippen LogP contribution is -2.36. The first-order valence-electron chi connectivity index (χ1n) is 7.92. The van der Waals surface area contributed by atoms with Gasteiger partial charge in [-0.05, 0) is 37.5 Å². The topological polar surface area (TPSA) is 70.3 Å². The highest BCUT2D eigenvalue weighted by Crippen LogP contribution is 2.37. The van der Waals surface area contributed by atoms with Crippen LogP contribution in [0.5, 0.6) is 11.8 Å². The van der Waals surface area contributed by atoms with Crippen molar-refractivity contribution in [3.63, 3.8) is 0 Å². The smallest absolute Gasteiger partial charge is 0.244 e. The highest BCUT2D eigenvalue weighted by Gasteiger charge is 2.33. The van der Waals surface area contributed by atoms with Crippen molar-refractivity contribution < 1.29 is 9.47 Å². The van der Waals surface area contributed by atoms with Crippen LogP contribution in [0.2, 0.25) is 0 Å². The summed E-state index contributed by atoms with van der Waals surface area (Å²) >= 11 is 0. The zero-order valence-electron chi connectivity index (χ0n) is 13.5. The molecule has 3 atom stereocenters. The van der Waals surface area contributed by atoms with E-state index in [1.54, 1.807) is 0 Å². The molecule has 1 aromatic heterocycles.